The van der Waals surface area contributed by atoms with E-state index >= 15 is 0 Å². The van der Waals surface area contributed by atoms with Gasteiger partial charge in [-0.25, -0.2) is 4.98 Å². The lowest BCUT2D eigenvalue weighted by atomic mass is 9.93. The first-order valence-electron chi connectivity index (χ1n) is 4.58. The quantitative estimate of drug-likeness (QED) is 0.889. The Morgan fingerprint density at radius 1 is 1.33 bits per heavy atom. The molecule has 0 saturated heterocycles. The second kappa shape index (κ2) is 6.69. The summed E-state index contributed by atoms with van der Waals surface area (Å²) in [5, 5.41) is 6.52. The molecule has 2 nitrogen and oxygen atoms in total. The molecule has 1 N–H and O–H groups in total. The molecule has 1 aromatic heterocycles. The summed E-state index contributed by atoms with van der Waals surface area (Å²) in [7, 11) is 1.96. The molecule has 0 aromatic carbocycles. The molecule has 0 aliphatic heterocycles. The van der Waals surface area contributed by atoms with Crippen molar-refractivity contribution < 1.29 is 0 Å². The Kier molecular flexibility index (Phi) is 7.83. The van der Waals surface area contributed by atoms with Crippen molar-refractivity contribution in [3.05, 3.63) is 16.1 Å². The highest BCUT2D eigenvalue weighted by Crippen LogP contribution is 2.26. The number of hydrogen-bond acceptors (Lipinski definition) is 3. The maximum Gasteiger partial charge on any atom is 0.110 e. The molecule has 1 heterocycles. The first-order chi connectivity index (χ1) is 5.95. The van der Waals surface area contributed by atoms with Crippen molar-refractivity contribution in [3.63, 3.8) is 0 Å². The fourth-order valence-electron chi connectivity index (χ4n) is 0.954. The van der Waals surface area contributed by atoms with Crippen LogP contribution in [-0.4, -0.2) is 12.0 Å². The van der Waals surface area contributed by atoms with Crippen molar-refractivity contribution >= 4 is 36.2 Å². The molecule has 0 radical (unpaired) electrons. The Morgan fingerprint density at radius 2 is 1.87 bits per heavy atom. The summed E-state index contributed by atoms with van der Waals surface area (Å²) in [6, 6.07) is 0.362. The zero-order valence-corrected chi connectivity index (χ0v) is 12.3. The number of thiazole rings is 1. The lowest BCUT2D eigenvalue weighted by Gasteiger charge is -2.14. The summed E-state index contributed by atoms with van der Waals surface area (Å²) in [6.45, 7) is 8.70. The molecular formula is C10H20Cl2N2S. The van der Waals surface area contributed by atoms with Gasteiger partial charge in [0.2, 0.25) is 0 Å². The first-order valence-corrected chi connectivity index (χ1v) is 5.46. The molecule has 0 saturated carbocycles. The molecule has 0 aliphatic carbocycles. The third-order valence-corrected chi connectivity index (χ3v) is 3.12. The largest absolute Gasteiger partial charge is 0.311 e. The van der Waals surface area contributed by atoms with E-state index in [0.29, 0.717) is 6.04 Å². The van der Waals surface area contributed by atoms with E-state index in [0.717, 1.165) is 0 Å². The summed E-state index contributed by atoms with van der Waals surface area (Å²) in [4.78, 5) is 4.61. The van der Waals surface area contributed by atoms with Gasteiger partial charge >= 0.3 is 0 Å². The van der Waals surface area contributed by atoms with Gasteiger partial charge < -0.3 is 5.32 Å². The van der Waals surface area contributed by atoms with Crippen LogP contribution < -0.4 is 5.32 Å². The van der Waals surface area contributed by atoms with E-state index in [-0.39, 0.29) is 30.2 Å². The predicted octanol–water partition coefficient (Wildman–Crippen LogP) is 3.56. The average molecular weight is 271 g/mol. The molecule has 1 atom stereocenters. The third kappa shape index (κ3) is 4.68. The Hall–Kier alpha value is 0.170. The number of hydrogen-bond donors (Lipinski definition) is 1. The van der Waals surface area contributed by atoms with Crippen LogP contribution >= 0.6 is 36.2 Å². The highest BCUT2D eigenvalue weighted by atomic mass is 35.5. The highest BCUT2D eigenvalue weighted by molar-refractivity contribution is 7.09. The lowest BCUT2D eigenvalue weighted by Crippen LogP contribution is -2.14. The van der Waals surface area contributed by atoms with Crippen LogP contribution in [0.4, 0.5) is 0 Å². The highest BCUT2D eigenvalue weighted by Gasteiger charge is 2.18. The van der Waals surface area contributed by atoms with E-state index in [4.69, 9.17) is 0 Å². The van der Waals surface area contributed by atoms with Crippen molar-refractivity contribution in [2.75, 3.05) is 7.05 Å². The molecule has 1 unspecified atom stereocenters. The van der Waals surface area contributed by atoms with Gasteiger partial charge in [-0.2, -0.15) is 0 Å². The number of nitrogens with zero attached hydrogens (tertiary/aromatic N) is 1. The first kappa shape index (κ1) is 17.6. The molecule has 15 heavy (non-hydrogen) atoms. The molecule has 5 heteroatoms. The minimum atomic E-state index is 0. The SMILES string of the molecule is CNC(C)c1nc(C(C)(C)C)cs1.Cl.Cl. The van der Waals surface area contributed by atoms with Crippen LogP contribution in [0.3, 0.4) is 0 Å². The Balaban J connectivity index is 0. The maximum absolute atomic E-state index is 4.61. The molecule has 90 valence electrons. The standard InChI is InChI=1S/C10H18N2S.2ClH/c1-7(11-5)9-12-8(6-13-9)10(2,3)4;;/h6-7,11H,1-5H3;2*1H. The van der Waals surface area contributed by atoms with Gasteiger partial charge in [-0.3, -0.25) is 0 Å². The van der Waals surface area contributed by atoms with Crippen LogP contribution in [0.15, 0.2) is 5.38 Å². The molecule has 0 bridgehead atoms. The van der Waals surface area contributed by atoms with Gasteiger partial charge in [-0.1, -0.05) is 20.8 Å². The van der Waals surface area contributed by atoms with Gasteiger partial charge in [0.25, 0.3) is 0 Å². The van der Waals surface area contributed by atoms with Crippen LogP contribution in [0.25, 0.3) is 0 Å². The Labute approximate surface area is 109 Å². The van der Waals surface area contributed by atoms with Gasteiger partial charge in [-0.05, 0) is 14.0 Å². The summed E-state index contributed by atoms with van der Waals surface area (Å²) in [6.07, 6.45) is 0. The van der Waals surface area contributed by atoms with Crippen LogP contribution in [0, 0.1) is 0 Å². The molecule has 0 spiro atoms. The third-order valence-electron chi connectivity index (χ3n) is 2.09. The molecule has 0 fully saturated rings. The number of aromatic nitrogens is 1. The summed E-state index contributed by atoms with van der Waals surface area (Å²) < 4.78 is 0. The van der Waals surface area contributed by atoms with Crippen molar-refractivity contribution in [2.24, 2.45) is 0 Å². The lowest BCUT2D eigenvalue weighted by molar-refractivity contribution is 0.563. The van der Waals surface area contributed by atoms with E-state index in [1.54, 1.807) is 11.3 Å². The molecule has 1 rings (SSSR count). The van der Waals surface area contributed by atoms with Gasteiger partial charge in [0.1, 0.15) is 5.01 Å². The maximum atomic E-state index is 4.61. The number of halogens is 2. The monoisotopic (exact) mass is 270 g/mol. The fraction of sp³-hybridized carbons (Fsp3) is 0.700. The van der Waals surface area contributed by atoms with E-state index in [2.05, 4.69) is 43.4 Å². The van der Waals surface area contributed by atoms with Gasteiger partial charge in [0.15, 0.2) is 0 Å². The van der Waals surface area contributed by atoms with E-state index in [1.165, 1.54) is 10.7 Å². The van der Waals surface area contributed by atoms with Gasteiger partial charge in [0.05, 0.1) is 11.7 Å². The van der Waals surface area contributed by atoms with E-state index in [1.807, 2.05) is 7.05 Å². The zero-order chi connectivity index (χ0) is 10.1. The molecule has 0 aliphatic rings. The predicted molar refractivity (Wildman–Crippen MR) is 72.8 cm³/mol. The second-order valence-electron chi connectivity index (χ2n) is 4.33. The van der Waals surface area contributed by atoms with Crippen LogP contribution in [0.5, 0.6) is 0 Å². The Bertz CT molecular complexity index is 281. The van der Waals surface area contributed by atoms with Gasteiger partial charge in [0, 0.05) is 10.8 Å². The van der Waals surface area contributed by atoms with Crippen LogP contribution in [0.1, 0.15) is 44.4 Å². The summed E-state index contributed by atoms with van der Waals surface area (Å²) in [5.41, 5.74) is 1.36. The van der Waals surface area contributed by atoms with Crippen molar-refractivity contribution in [2.45, 2.75) is 39.2 Å². The van der Waals surface area contributed by atoms with Crippen LogP contribution in [0.2, 0.25) is 0 Å². The number of rotatable bonds is 2. The molecule has 0 amide bonds. The smallest absolute Gasteiger partial charge is 0.110 e. The average Bonchev–Trinajstić information content (AvgIpc) is 2.50. The minimum Gasteiger partial charge on any atom is -0.311 e. The topological polar surface area (TPSA) is 24.9 Å². The summed E-state index contributed by atoms with van der Waals surface area (Å²) in [5.74, 6) is 0. The Morgan fingerprint density at radius 3 is 2.20 bits per heavy atom. The van der Waals surface area contributed by atoms with E-state index in [9.17, 15) is 0 Å². The normalized spacial score (nSPS) is 12.6. The zero-order valence-electron chi connectivity index (χ0n) is 9.83. The second-order valence-corrected chi connectivity index (χ2v) is 5.22. The van der Waals surface area contributed by atoms with E-state index < -0.39 is 0 Å². The van der Waals surface area contributed by atoms with Crippen molar-refractivity contribution in [1.29, 1.82) is 0 Å². The van der Waals surface area contributed by atoms with Crippen molar-refractivity contribution in [3.8, 4) is 0 Å². The summed E-state index contributed by atoms with van der Waals surface area (Å²) >= 11 is 1.74. The number of nitrogens with one attached hydrogen (secondary N) is 1. The molecular weight excluding hydrogens is 251 g/mol. The minimum absolute atomic E-state index is 0. The van der Waals surface area contributed by atoms with Crippen LogP contribution in [-0.2, 0) is 5.41 Å². The van der Waals surface area contributed by atoms with Gasteiger partial charge in [-0.15, -0.1) is 36.2 Å². The van der Waals surface area contributed by atoms with Crippen molar-refractivity contribution in [1.82, 2.24) is 10.3 Å². The fourth-order valence-corrected chi connectivity index (χ4v) is 2.07. The molecule has 1 aromatic rings.